The minimum absolute atomic E-state index is 0.0245. The lowest BCUT2D eigenvalue weighted by Gasteiger charge is -2.39. The number of rotatable bonds is 7. The van der Waals surface area contributed by atoms with Crippen LogP contribution < -0.4 is 20.8 Å². The number of fused-ring (bicyclic) bond motifs is 3. The zero-order valence-corrected chi connectivity index (χ0v) is 18.5. The molecule has 2 aromatic rings. The van der Waals surface area contributed by atoms with E-state index in [2.05, 4.69) is 10.6 Å². The lowest BCUT2D eigenvalue weighted by molar-refractivity contribution is 0.0288. The summed E-state index contributed by atoms with van der Waals surface area (Å²) in [6.07, 6.45) is 3.22. The first-order chi connectivity index (χ1) is 16.3. The largest absolute Gasteiger partial charge is 0.487 e. The van der Waals surface area contributed by atoms with Crippen molar-refractivity contribution < 1.29 is 32.2 Å². The SMILES string of the molecule is CCCCOc1c2n(cc(C(=O)NCc3c(F)cc(F)cc3F)c1=O)[C@@H]1CCOC[C@@H]1NC2=O. The summed E-state index contributed by atoms with van der Waals surface area (Å²) in [7, 11) is 0. The van der Waals surface area contributed by atoms with Crippen molar-refractivity contribution in [2.45, 2.75) is 44.8 Å². The lowest BCUT2D eigenvalue weighted by atomic mass is 9.98. The number of carbonyl (C=O) groups is 2. The van der Waals surface area contributed by atoms with Crippen LogP contribution in [0, 0.1) is 17.5 Å². The summed E-state index contributed by atoms with van der Waals surface area (Å²) in [4.78, 5) is 38.9. The normalized spacial score (nSPS) is 19.1. The maximum Gasteiger partial charge on any atom is 0.272 e. The average molecular weight is 479 g/mol. The predicted molar refractivity (Wildman–Crippen MR) is 114 cm³/mol. The second-order valence-corrected chi connectivity index (χ2v) is 8.20. The van der Waals surface area contributed by atoms with Gasteiger partial charge in [-0.1, -0.05) is 13.3 Å². The number of hydrogen-bond donors (Lipinski definition) is 2. The van der Waals surface area contributed by atoms with Crippen LogP contribution >= 0.6 is 0 Å². The first kappa shape index (κ1) is 23.8. The molecule has 8 nitrogen and oxygen atoms in total. The van der Waals surface area contributed by atoms with Crippen molar-refractivity contribution in [1.29, 1.82) is 0 Å². The van der Waals surface area contributed by atoms with Crippen molar-refractivity contribution in [2.24, 2.45) is 0 Å². The summed E-state index contributed by atoms with van der Waals surface area (Å²) in [6.45, 7) is 2.20. The number of nitrogens with one attached hydrogen (secondary N) is 2. The second kappa shape index (κ2) is 9.88. The van der Waals surface area contributed by atoms with Gasteiger partial charge in [-0.15, -0.1) is 0 Å². The van der Waals surface area contributed by atoms with Crippen LogP contribution in [0.4, 0.5) is 13.2 Å². The topological polar surface area (TPSA) is 98.7 Å². The van der Waals surface area contributed by atoms with Gasteiger partial charge in [-0.25, -0.2) is 13.2 Å². The van der Waals surface area contributed by atoms with Crippen LogP contribution in [0.2, 0.25) is 0 Å². The number of halogens is 3. The molecule has 0 aliphatic carbocycles. The maximum absolute atomic E-state index is 14.0. The van der Waals surface area contributed by atoms with Crippen molar-refractivity contribution in [3.63, 3.8) is 0 Å². The van der Waals surface area contributed by atoms with Gasteiger partial charge in [-0.3, -0.25) is 14.4 Å². The molecule has 1 saturated heterocycles. The molecule has 3 heterocycles. The Kier molecular flexibility index (Phi) is 6.92. The molecule has 2 aliphatic heterocycles. The van der Waals surface area contributed by atoms with Crippen LogP contribution in [0.1, 0.15) is 58.6 Å². The standard InChI is InChI=1S/C23H24F3N3O5/c1-2-3-5-34-21-19-23(32)28-17-11-33-6-4-18(17)29(19)10-14(20(21)30)22(31)27-9-13-15(25)7-12(24)8-16(13)26/h7-8,10,17-18H,2-6,9,11H2,1H3,(H,27,31)(H,28,32)/t17-,18+/m0/s1. The second-order valence-electron chi connectivity index (χ2n) is 8.20. The number of carbonyl (C=O) groups excluding carboxylic acids is 2. The van der Waals surface area contributed by atoms with E-state index >= 15 is 0 Å². The quantitative estimate of drug-likeness (QED) is 0.595. The van der Waals surface area contributed by atoms with E-state index in [4.69, 9.17) is 9.47 Å². The number of hydrogen-bond acceptors (Lipinski definition) is 5. The molecule has 2 N–H and O–H groups in total. The molecule has 11 heteroatoms. The van der Waals surface area contributed by atoms with E-state index in [9.17, 15) is 27.6 Å². The molecule has 34 heavy (non-hydrogen) atoms. The minimum atomic E-state index is -1.16. The van der Waals surface area contributed by atoms with Gasteiger partial charge in [0, 0.05) is 37.0 Å². The summed E-state index contributed by atoms with van der Waals surface area (Å²) in [5.74, 6) is -5.08. The van der Waals surface area contributed by atoms with Crippen LogP contribution in [0.3, 0.4) is 0 Å². The highest BCUT2D eigenvalue weighted by Crippen LogP contribution is 2.31. The molecule has 0 bridgehead atoms. The van der Waals surface area contributed by atoms with Gasteiger partial charge in [-0.05, 0) is 12.8 Å². The third-order valence-corrected chi connectivity index (χ3v) is 5.92. The van der Waals surface area contributed by atoms with Crippen LogP contribution in [0.25, 0.3) is 0 Å². The van der Waals surface area contributed by atoms with E-state index in [1.54, 1.807) is 4.57 Å². The van der Waals surface area contributed by atoms with Gasteiger partial charge in [0.15, 0.2) is 11.4 Å². The van der Waals surface area contributed by atoms with Crippen LogP contribution in [0.15, 0.2) is 23.1 Å². The van der Waals surface area contributed by atoms with E-state index in [-0.39, 0.29) is 42.3 Å². The smallest absolute Gasteiger partial charge is 0.272 e. The number of nitrogens with zero attached hydrogens (tertiary/aromatic N) is 1. The van der Waals surface area contributed by atoms with Gasteiger partial charge < -0.3 is 24.7 Å². The maximum atomic E-state index is 14.0. The van der Waals surface area contributed by atoms with Gasteiger partial charge in [0.1, 0.15) is 23.0 Å². The highest BCUT2D eigenvalue weighted by atomic mass is 19.1. The van der Waals surface area contributed by atoms with Crippen LogP contribution in [-0.2, 0) is 11.3 Å². The summed E-state index contributed by atoms with van der Waals surface area (Å²) in [5, 5.41) is 5.13. The number of benzene rings is 1. The highest BCUT2D eigenvalue weighted by molar-refractivity contribution is 5.99. The molecule has 1 aromatic carbocycles. The zero-order chi connectivity index (χ0) is 24.4. The van der Waals surface area contributed by atoms with Gasteiger partial charge in [0.2, 0.25) is 5.43 Å². The number of ether oxygens (including phenoxy) is 2. The van der Waals surface area contributed by atoms with Crippen molar-refractivity contribution in [1.82, 2.24) is 15.2 Å². The van der Waals surface area contributed by atoms with Crippen molar-refractivity contribution >= 4 is 11.8 Å². The Balaban J connectivity index is 1.71. The summed E-state index contributed by atoms with van der Waals surface area (Å²) >= 11 is 0. The minimum Gasteiger partial charge on any atom is -0.487 e. The first-order valence-corrected chi connectivity index (χ1v) is 11.0. The molecule has 2 amide bonds. The summed E-state index contributed by atoms with van der Waals surface area (Å²) in [6, 6.07) is 0.385. The molecule has 4 rings (SSSR count). The van der Waals surface area contributed by atoms with E-state index in [1.165, 1.54) is 6.20 Å². The van der Waals surface area contributed by atoms with Crippen molar-refractivity contribution in [3.05, 3.63) is 62.8 Å². The molecule has 0 saturated carbocycles. The Morgan fingerprint density at radius 2 is 2.00 bits per heavy atom. The molecule has 0 unspecified atom stereocenters. The summed E-state index contributed by atoms with van der Waals surface area (Å²) in [5.41, 5.74) is -1.66. The number of amides is 2. The molecule has 182 valence electrons. The molecule has 2 atom stereocenters. The van der Waals surface area contributed by atoms with Crippen LogP contribution in [-0.4, -0.2) is 42.2 Å². The van der Waals surface area contributed by atoms with E-state index in [1.807, 2.05) is 6.92 Å². The van der Waals surface area contributed by atoms with Crippen molar-refractivity contribution in [2.75, 3.05) is 19.8 Å². The Morgan fingerprint density at radius 1 is 1.26 bits per heavy atom. The lowest BCUT2D eigenvalue weighted by Crippen LogP contribution is -2.53. The van der Waals surface area contributed by atoms with Gasteiger partial charge in [0.05, 0.1) is 25.3 Å². The molecule has 1 aromatic heterocycles. The Labute approximate surface area is 193 Å². The Hall–Kier alpha value is -3.34. The first-order valence-electron chi connectivity index (χ1n) is 11.0. The zero-order valence-electron chi connectivity index (χ0n) is 18.5. The molecule has 0 spiro atoms. The number of pyridine rings is 1. The Bertz CT molecular complexity index is 1160. The molecular weight excluding hydrogens is 455 g/mol. The third-order valence-electron chi connectivity index (χ3n) is 5.92. The fourth-order valence-corrected chi connectivity index (χ4v) is 4.14. The Morgan fingerprint density at radius 3 is 2.71 bits per heavy atom. The monoisotopic (exact) mass is 479 g/mol. The predicted octanol–water partition coefficient (Wildman–Crippen LogP) is 2.45. The van der Waals surface area contributed by atoms with E-state index in [0.29, 0.717) is 31.6 Å². The summed E-state index contributed by atoms with van der Waals surface area (Å²) < 4.78 is 53.7. The van der Waals surface area contributed by atoms with Gasteiger partial charge in [-0.2, -0.15) is 0 Å². The molecular formula is C23H24F3N3O5. The third kappa shape index (κ3) is 4.52. The molecule has 0 radical (unpaired) electrons. The average Bonchev–Trinajstić information content (AvgIpc) is 2.79. The van der Waals surface area contributed by atoms with E-state index < -0.39 is 46.8 Å². The number of aromatic nitrogens is 1. The molecule has 2 aliphatic rings. The van der Waals surface area contributed by atoms with Crippen molar-refractivity contribution in [3.8, 4) is 5.75 Å². The van der Waals surface area contributed by atoms with Gasteiger partial charge in [0.25, 0.3) is 11.8 Å². The highest BCUT2D eigenvalue weighted by Gasteiger charge is 2.39. The van der Waals surface area contributed by atoms with Crippen LogP contribution in [0.5, 0.6) is 5.75 Å². The van der Waals surface area contributed by atoms with E-state index in [0.717, 1.165) is 6.42 Å². The van der Waals surface area contributed by atoms with Gasteiger partial charge >= 0.3 is 0 Å². The number of unbranched alkanes of at least 4 members (excludes halogenated alkanes) is 1. The molecule has 1 fully saturated rings. The fourth-order valence-electron chi connectivity index (χ4n) is 4.14. The fraction of sp³-hybridized carbons (Fsp3) is 0.435.